The number of hydrogen-bond acceptors (Lipinski definition) is 4. The molecule has 0 unspecified atom stereocenters. The molecule has 3 saturated heterocycles. The molecule has 8 heteroatoms. The first-order valence-corrected chi connectivity index (χ1v) is 8.27. The van der Waals surface area contributed by atoms with Gasteiger partial charge in [-0.2, -0.15) is 0 Å². The molecule has 1 aromatic rings. The summed E-state index contributed by atoms with van der Waals surface area (Å²) in [5.41, 5.74) is 0.914. The number of halogens is 1. The quantitative estimate of drug-likeness (QED) is 0.818. The smallest absolute Gasteiger partial charge is 0.332 e. The van der Waals surface area contributed by atoms with Crippen molar-refractivity contribution in [1.82, 2.24) is 4.90 Å². The maximum absolute atomic E-state index is 12.6. The van der Waals surface area contributed by atoms with Crippen LogP contribution in [0.3, 0.4) is 0 Å². The molecular weight excluding hydrogens is 334 g/mol. The van der Waals surface area contributed by atoms with Crippen LogP contribution in [0.2, 0.25) is 5.02 Å². The van der Waals surface area contributed by atoms with E-state index in [0.717, 1.165) is 11.3 Å². The van der Waals surface area contributed by atoms with E-state index in [0.29, 0.717) is 18.7 Å². The summed E-state index contributed by atoms with van der Waals surface area (Å²) in [4.78, 5) is 41.2. The Hall–Kier alpha value is -2.12. The lowest BCUT2D eigenvalue weighted by molar-refractivity contribution is -0.119. The van der Waals surface area contributed by atoms with Gasteiger partial charge in [0, 0.05) is 31.6 Å². The van der Waals surface area contributed by atoms with Crippen LogP contribution in [0.5, 0.6) is 0 Å². The van der Waals surface area contributed by atoms with Crippen molar-refractivity contribution in [3.63, 3.8) is 0 Å². The van der Waals surface area contributed by atoms with Crippen molar-refractivity contribution in [2.45, 2.75) is 31.4 Å². The third kappa shape index (κ3) is 2.19. The maximum Gasteiger partial charge on any atom is 0.332 e. The van der Waals surface area contributed by atoms with Crippen LogP contribution in [0.4, 0.5) is 16.2 Å². The summed E-state index contributed by atoms with van der Waals surface area (Å²) in [5, 5.41) is 9.94. The number of imide groups is 1. The Morgan fingerprint density at radius 1 is 1.21 bits per heavy atom. The van der Waals surface area contributed by atoms with Gasteiger partial charge in [0.25, 0.3) is 5.91 Å². The van der Waals surface area contributed by atoms with E-state index >= 15 is 0 Å². The molecule has 0 radical (unpaired) electrons. The minimum absolute atomic E-state index is 0.0195. The Labute approximate surface area is 143 Å². The number of fused-ring (bicyclic) bond motifs is 1. The molecule has 7 nitrogen and oxygen atoms in total. The Morgan fingerprint density at radius 2 is 2.00 bits per heavy atom. The van der Waals surface area contributed by atoms with Crippen LogP contribution < -0.4 is 9.80 Å². The average Bonchev–Trinajstić information content (AvgIpc) is 3.19. The van der Waals surface area contributed by atoms with Crippen LogP contribution in [0.25, 0.3) is 0 Å². The highest BCUT2D eigenvalue weighted by Crippen LogP contribution is 2.37. The molecule has 0 spiro atoms. The van der Waals surface area contributed by atoms with Crippen LogP contribution >= 0.6 is 11.6 Å². The molecule has 0 aliphatic carbocycles. The molecule has 2 atom stereocenters. The lowest BCUT2D eigenvalue weighted by atomic mass is 10.2. The lowest BCUT2D eigenvalue weighted by Gasteiger charge is -2.21. The largest absolute Gasteiger partial charge is 0.391 e. The highest BCUT2D eigenvalue weighted by atomic mass is 35.5. The van der Waals surface area contributed by atoms with Crippen LogP contribution in [0.15, 0.2) is 18.2 Å². The Kier molecular flexibility index (Phi) is 3.51. The van der Waals surface area contributed by atoms with E-state index in [4.69, 9.17) is 11.6 Å². The van der Waals surface area contributed by atoms with E-state index in [-0.39, 0.29) is 35.5 Å². The van der Waals surface area contributed by atoms with E-state index in [1.165, 1.54) is 4.90 Å². The number of nitrogens with zero attached hydrogens (tertiary/aromatic N) is 3. The Bertz CT molecular complexity index is 729. The van der Waals surface area contributed by atoms with E-state index in [1.807, 2.05) is 0 Å². The van der Waals surface area contributed by atoms with Crippen molar-refractivity contribution in [1.29, 1.82) is 0 Å². The zero-order chi connectivity index (χ0) is 17.0. The normalized spacial score (nSPS) is 26.8. The van der Waals surface area contributed by atoms with Crippen LogP contribution in [0, 0.1) is 0 Å². The summed E-state index contributed by atoms with van der Waals surface area (Å²) >= 11 is 6.22. The summed E-state index contributed by atoms with van der Waals surface area (Å²) in [6.45, 7) is 0.760. The van der Waals surface area contributed by atoms with Gasteiger partial charge in [0.15, 0.2) is 0 Å². The number of aliphatic hydroxyl groups is 1. The molecule has 126 valence electrons. The first kappa shape index (κ1) is 15.4. The van der Waals surface area contributed by atoms with Gasteiger partial charge in [-0.25, -0.2) is 9.69 Å². The summed E-state index contributed by atoms with van der Waals surface area (Å²) in [6, 6.07) is 3.80. The first-order valence-electron chi connectivity index (χ1n) is 7.90. The minimum Gasteiger partial charge on any atom is -0.391 e. The van der Waals surface area contributed by atoms with Gasteiger partial charge in [-0.15, -0.1) is 0 Å². The van der Waals surface area contributed by atoms with Crippen molar-refractivity contribution in [2.75, 3.05) is 22.9 Å². The van der Waals surface area contributed by atoms with Crippen LogP contribution in [-0.4, -0.2) is 53.1 Å². The molecule has 3 aliphatic heterocycles. The van der Waals surface area contributed by atoms with Crippen molar-refractivity contribution in [2.24, 2.45) is 0 Å². The van der Waals surface area contributed by atoms with E-state index in [2.05, 4.69) is 0 Å². The number of aliphatic hydroxyl groups excluding tert-OH is 1. The number of anilines is 2. The number of hydrogen-bond donors (Lipinski definition) is 1. The monoisotopic (exact) mass is 349 g/mol. The predicted molar refractivity (Wildman–Crippen MR) is 87.0 cm³/mol. The van der Waals surface area contributed by atoms with Crippen LogP contribution in [0.1, 0.15) is 19.3 Å². The molecule has 3 aliphatic rings. The number of urea groups is 1. The van der Waals surface area contributed by atoms with Gasteiger partial charge in [0.2, 0.25) is 5.91 Å². The summed E-state index contributed by atoms with van der Waals surface area (Å²) in [6.07, 6.45) is 0.844. The fraction of sp³-hybridized carbons (Fsp3) is 0.438. The van der Waals surface area contributed by atoms with Gasteiger partial charge in [-0.05, 0) is 24.6 Å². The first-order chi connectivity index (χ1) is 11.5. The third-order valence-electron chi connectivity index (χ3n) is 4.78. The number of rotatable bonds is 2. The Balaban J connectivity index is 1.70. The standard InChI is InChI=1S/C16H16ClN3O4/c17-11-4-3-9(18-5-1-2-14(18)22)6-12(11)20-15(23)13-7-10(21)8-19(13)16(20)24/h3-4,6,10,13,21H,1-2,5,7-8H2/t10-,13+/m1/s1. The Morgan fingerprint density at radius 3 is 2.67 bits per heavy atom. The van der Waals surface area contributed by atoms with Crippen molar-refractivity contribution in [3.05, 3.63) is 23.2 Å². The second kappa shape index (κ2) is 5.46. The zero-order valence-electron chi connectivity index (χ0n) is 12.8. The highest BCUT2D eigenvalue weighted by molar-refractivity contribution is 6.36. The van der Waals surface area contributed by atoms with Gasteiger partial charge in [-0.1, -0.05) is 11.6 Å². The zero-order valence-corrected chi connectivity index (χ0v) is 13.6. The molecule has 24 heavy (non-hydrogen) atoms. The summed E-state index contributed by atoms with van der Waals surface area (Å²) in [7, 11) is 0. The van der Waals surface area contributed by atoms with Crippen molar-refractivity contribution >= 4 is 40.8 Å². The second-order valence-corrected chi connectivity index (χ2v) is 6.71. The number of carbonyl (C=O) groups is 3. The summed E-state index contributed by atoms with van der Waals surface area (Å²) in [5.74, 6) is -0.366. The van der Waals surface area contributed by atoms with Crippen molar-refractivity contribution < 1.29 is 19.5 Å². The fourth-order valence-corrected chi connectivity index (χ4v) is 3.82. The third-order valence-corrected chi connectivity index (χ3v) is 5.10. The van der Waals surface area contributed by atoms with Gasteiger partial charge in [0.05, 0.1) is 16.8 Å². The predicted octanol–water partition coefficient (Wildman–Crippen LogP) is 1.37. The molecule has 4 amide bonds. The molecule has 4 rings (SSSR count). The lowest BCUT2D eigenvalue weighted by Crippen LogP contribution is -2.35. The van der Waals surface area contributed by atoms with Gasteiger partial charge in [0.1, 0.15) is 6.04 Å². The van der Waals surface area contributed by atoms with Crippen molar-refractivity contribution in [3.8, 4) is 0 Å². The van der Waals surface area contributed by atoms with E-state index < -0.39 is 18.2 Å². The van der Waals surface area contributed by atoms with Gasteiger partial charge < -0.3 is 14.9 Å². The summed E-state index contributed by atoms with van der Waals surface area (Å²) < 4.78 is 0. The topological polar surface area (TPSA) is 81.2 Å². The molecule has 3 fully saturated rings. The van der Waals surface area contributed by atoms with Crippen LogP contribution in [-0.2, 0) is 9.59 Å². The highest BCUT2D eigenvalue weighted by Gasteiger charge is 2.51. The molecule has 0 bridgehead atoms. The van der Waals surface area contributed by atoms with Gasteiger partial charge in [-0.3, -0.25) is 9.59 Å². The number of amides is 4. The second-order valence-electron chi connectivity index (χ2n) is 6.30. The molecule has 0 saturated carbocycles. The molecule has 1 aromatic carbocycles. The molecule has 0 aromatic heterocycles. The molecule has 3 heterocycles. The number of carbonyl (C=O) groups excluding carboxylic acids is 3. The average molecular weight is 350 g/mol. The minimum atomic E-state index is -0.672. The molecular formula is C16H16ClN3O4. The number of benzene rings is 1. The fourth-order valence-electron chi connectivity index (χ4n) is 3.61. The maximum atomic E-state index is 12.6. The SMILES string of the molecule is O=C1CCCN1c1ccc(Cl)c(N2C(=O)[C@@H]3C[C@@H](O)CN3C2=O)c1. The van der Waals surface area contributed by atoms with E-state index in [9.17, 15) is 19.5 Å². The molecule has 1 N–H and O–H groups in total. The van der Waals surface area contributed by atoms with E-state index in [1.54, 1.807) is 23.1 Å². The van der Waals surface area contributed by atoms with Gasteiger partial charge >= 0.3 is 6.03 Å².